The third-order valence-electron chi connectivity index (χ3n) is 0. The van der Waals surface area contributed by atoms with Crippen LogP contribution in [-0.4, -0.2) is 274 Å². The third-order valence-corrected chi connectivity index (χ3v) is 0. The van der Waals surface area contributed by atoms with Crippen molar-refractivity contribution in [3.8, 4) is 0 Å². The monoisotopic (exact) mass is 699 g/mol. The van der Waals surface area contributed by atoms with Crippen molar-refractivity contribution in [1.82, 2.24) is 0 Å². The molecule has 0 spiro atoms. The molecule has 0 fully saturated rings. The average molecular weight is 702 g/mol. The Labute approximate surface area is 271 Å². The average Bonchev–Trinajstić information content (AvgIpc) is 0. The van der Waals surface area contributed by atoms with Crippen molar-refractivity contribution in [3.05, 3.63) is 0 Å². The summed E-state index contributed by atoms with van der Waals surface area (Å²) < 4.78 is 0. The van der Waals surface area contributed by atoms with Crippen molar-refractivity contribution in [2.45, 2.75) is 0 Å². The minimum absolute atomic E-state index is 0. The molecule has 0 N–H and O–H groups in total. The maximum Gasteiger partial charge on any atom is 0 e. The van der Waals surface area contributed by atoms with E-state index in [9.17, 15) is 0 Å². The fourth-order valence-corrected chi connectivity index (χ4v) is 0. The molecule has 0 bridgehead atoms. The number of hydrogen-bond acceptors (Lipinski definition) is 0. The van der Waals surface area contributed by atoms with Gasteiger partial charge in [0, 0.05) is 274 Å². The Morgan fingerprint density at radius 1 is 0.0400 bits per heavy atom. The first-order valence-corrected chi connectivity index (χ1v) is 0. The molecule has 0 saturated carbocycles. The minimum Gasteiger partial charge on any atom is 0 e. The molecule has 100 valence electrons. The second-order valence-corrected chi connectivity index (χ2v) is 0. The van der Waals surface area contributed by atoms with Crippen LogP contribution in [0.3, 0.4) is 0 Å². The van der Waals surface area contributed by atoms with Gasteiger partial charge in [0.25, 0.3) is 0 Å². The first-order chi connectivity index (χ1) is 0. The zero-order valence-electron chi connectivity index (χ0n) is 12.5. The maximum absolute atomic E-state index is 0. The molecule has 100 radical (unpaired) electrons. The lowest BCUT2D eigenvalue weighted by atomic mass is 28.1. The van der Waals surface area contributed by atoms with Crippen LogP contribution < -0.4 is 0 Å². The van der Waals surface area contributed by atoms with E-state index in [0.717, 1.165) is 0 Å². The highest BCUT2D eigenvalue weighted by Crippen LogP contribution is -0.357. The van der Waals surface area contributed by atoms with Crippen LogP contribution in [0.25, 0.3) is 0 Å². The molecule has 0 aromatic heterocycles. The van der Waals surface area contributed by atoms with E-state index in [1.165, 1.54) is 0 Å². The Balaban J connectivity index is 0. The third kappa shape index (κ3) is 753. The topological polar surface area (TPSA) is 0 Å². The van der Waals surface area contributed by atoms with E-state index in [1.54, 1.807) is 0 Å². The number of rotatable bonds is 0. The highest BCUT2D eigenvalue weighted by Gasteiger charge is 0.0240. The molecule has 0 unspecified atom stereocenters. The summed E-state index contributed by atoms with van der Waals surface area (Å²) in [4.78, 5) is 0. The van der Waals surface area contributed by atoms with Crippen LogP contribution in [0.2, 0.25) is 0 Å². The summed E-state index contributed by atoms with van der Waals surface area (Å²) in [5.74, 6) is 0. The Hall–Kier alpha value is 5.42. The molecule has 0 saturated heterocycles. The molecular weight excluding hydrogens is 702 g/mol. The van der Waals surface area contributed by atoms with Crippen molar-refractivity contribution in [3.63, 3.8) is 0 Å². The predicted octanol–water partition coefficient (Wildman–Crippen LogP) is -9.52. The normalized spacial score (nSPS) is 0. The van der Waals surface area contributed by atoms with Crippen LogP contribution in [-0.2, 0) is 0 Å². The van der Waals surface area contributed by atoms with Crippen LogP contribution in [0.1, 0.15) is 0 Å². The Morgan fingerprint density at radius 3 is 0.0400 bits per heavy atom. The molecule has 0 aliphatic heterocycles. The highest BCUT2D eigenvalue weighted by atomic mass is 28.1. The molecular formula is Si25. The Kier molecular flexibility index (Phi) is 29000. The highest BCUT2D eigenvalue weighted by molar-refractivity contribution is 5.78. The Bertz CT molecular complexity index is 0. The van der Waals surface area contributed by atoms with Crippen LogP contribution in [0.15, 0.2) is 0 Å². The van der Waals surface area contributed by atoms with Gasteiger partial charge in [-0.3, -0.25) is 0 Å². The zero-order chi connectivity index (χ0) is 0. The van der Waals surface area contributed by atoms with Gasteiger partial charge in [-0.05, 0) is 0 Å². The van der Waals surface area contributed by atoms with Gasteiger partial charge in [-0.2, -0.15) is 0 Å². The smallest absolute Gasteiger partial charge is 0 e. The van der Waals surface area contributed by atoms with E-state index in [-0.39, 0.29) is 274 Å². The van der Waals surface area contributed by atoms with Crippen molar-refractivity contribution < 1.29 is 0 Å². The van der Waals surface area contributed by atoms with Crippen LogP contribution in [0.5, 0.6) is 0 Å². The Morgan fingerprint density at radius 2 is 0.0400 bits per heavy atom. The van der Waals surface area contributed by atoms with Crippen molar-refractivity contribution in [2.75, 3.05) is 0 Å². The summed E-state index contributed by atoms with van der Waals surface area (Å²) in [6, 6.07) is 0. The lowest BCUT2D eigenvalue weighted by Gasteiger charge is -0.00100. The fourth-order valence-electron chi connectivity index (χ4n) is 0. The molecule has 25 heavy (non-hydrogen) atoms. The quantitative estimate of drug-likeness (QED) is 0.221. The molecule has 25 heteroatoms. The molecule has 0 aromatic rings. The van der Waals surface area contributed by atoms with Gasteiger partial charge < -0.3 is 0 Å². The summed E-state index contributed by atoms with van der Waals surface area (Å²) in [5, 5.41) is 0. The minimum atomic E-state index is 0. The lowest BCUT2D eigenvalue weighted by molar-refractivity contribution is 5.75. The molecule has 0 heterocycles. The van der Waals surface area contributed by atoms with Gasteiger partial charge >= 0.3 is 0 Å². The largest absolute Gasteiger partial charge is 0 e. The summed E-state index contributed by atoms with van der Waals surface area (Å²) in [5.41, 5.74) is 0. The summed E-state index contributed by atoms with van der Waals surface area (Å²) >= 11 is 0. The zero-order valence-corrected chi connectivity index (χ0v) is 37.5. The molecule has 0 aliphatic rings. The lowest BCUT2D eigenvalue weighted by Crippen LogP contribution is -0.382. The van der Waals surface area contributed by atoms with Gasteiger partial charge in [0.15, 0.2) is 0 Å². The second-order valence-electron chi connectivity index (χ2n) is 0. The van der Waals surface area contributed by atoms with E-state index in [4.69, 9.17) is 0 Å². The van der Waals surface area contributed by atoms with Gasteiger partial charge in [-0.15, -0.1) is 0 Å². The van der Waals surface area contributed by atoms with Gasteiger partial charge in [-0.1, -0.05) is 0 Å². The predicted molar refractivity (Wildman–Crippen MR) is 144 cm³/mol. The van der Waals surface area contributed by atoms with Gasteiger partial charge in [0.2, 0.25) is 0 Å². The SMILES string of the molecule is [Si].[Si].[Si].[Si].[Si].[Si].[Si].[Si].[Si].[Si].[Si].[Si].[Si].[Si].[Si].[Si].[Si].[Si].[Si].[Si].[Si].[Si].[Si].[Si].[Si]. The summed E-state index contributed by atoms with van der Waals surface area (Å²) in [6.07, 6.45) is 0. The second kappa shape index (κ2) is 808. The number of hydrogen-bond donors (Lipinski definition) is 0. The van der Waals surface area contributed by atoms with Crippen LogP contribution in [0, 0.1) is 0 Å². The van der Waals surface area contributed by atoms with Gasteiger partial charge in [-0.25, -0.2) is 0 Å². The summed E-state index contributed by atoms with van der Waals surface area (Å²) in [7, 11) is 0. The van der Waals surface area contributed by atoms with Crippen molar-refractivity contribution in [2.24, 2.45) is 0 Å². The van der Waals surface area contributed by atoms with E-state index in [2.05, 4.69) is 0 Å². The molecule has 0 amide bonds. The standard InChI is InChI=1S/25Si. The van der Waals surface area contributed by atoms with Crippen LogP contribution in [0.4, 0.5) is 0 Å². The molecule has 0 rings (SSSR count). The van der Waals surface area contributed by atoms with Crippen molar-refractivity contribution in [1.29, 1.82) is 0 Å². The van der Waals surface area contributed by atoms with E-state index in [0.29, 0.717) is 0 Å². The van der Waals surface area contributed by atoms with Crippen molar-refractivity contribution >= 4 is 274 Å². The maximum atomic E-state index is 0. The van der Waals surface area contributed by atoms with Crippen LogP contribution >= 0.6 is 0 Å². The van der Waals surface area contributed by atoms with E-state index >= 15 is 0 Å². The fraction of sp³-hybridized carbons (Fsp3) is 0. The first kappa shape index (κ1) is 896. The molecule has 0 aromatic carbocycles. The molecule has 0 atom stereocenters. The van der Waals surface area contributed by atoms with Gasteiger partial charge in [0.1, 0.15) is 0 Å². The first-order valence-electron chi connectivity index (χ1n) is 0. The van der Waals surface area contributed by atoms with E-state index in [1.807, 2.05) is 0 Å². The molecule has 0 nitrogen and oxygen atoms in total. The van der Waals surface area contributed by atoms with E-state index < -0.39 is 0 Å². The molecule has 0 aliphatic carbocycles. The van der Waals surface area contributed by atoms with Gasteiger partial charge in [0.05, 0.1) is 0 Å². The summed E-state index contributed by atoms with van der Waals surface area (Å²) in [6.45, 7) is 0.